The Morgan fingerprint density at radius 1 is 1.08 bits per heavy atom. The first-order chi connectivity index (χ1) is 12.6. The van der Waals surface area contributed by atoms with Gasteiger partial charge in [-0.15, -0.1) is 0 Å². The van der Waals surface area contributed by atoms with E-state index in [-0.39, 0.29) is 11.7 Å². The Labute approximate surface area is 160 Å². The van der Waals surface area contributed by atoms with Gasteiger partial charge in [-0.2, -0.15) is 0 Å². The van der Waals surface area contributed by atoms with Crippen molar-refractivity contribution in [3.8, 4) is 0 Å². The van der Waals surface area contributed by atoms with E-state index in [0.717, 1.165) is 50.9 Å². The van der Waals surface area contributed by atoms with Crippen LogP contribution in [0.4, 0.5) is 4.39 Å². The molecule has 1 saturated carbocycles. The van der Waals surface area contributed by atoms with Gasteiger partial charge in [-0.25, -0.2) is 4.39 Å². The van der Waals surface area contributed by atoms with Gasteiger partial charge in [0.25, 0.3) is 0 Å². The number of piperidine rings is 1. The molecule has 1 aromatic carbocycles. The van der Waals surface area contributed by atoms with Crippen LogP contribution in [0.2, 0.25) is 5.02 Å². The molecule has 2 unspecified atom stereocenters. The molecular formula is C21H28ClFN2O. The summed E-state index contributed by atoms with van der Waals surface area (Å²) >= 11 is 6.15. The van der Waals surface area contributed by atoms with Gasteiger partial charge in [0.15, 0.2) is 0 Å². The third kappa shape index (κ3) is 3.77. The van der Waals surface area contributed by atoms with Crippen LogP contribution in [0.5, 0.6) is 0 Å². The topological polar surface area (TPSA) is 23.6 Å². The summed E-state index contributed by atoms with van der Waals surface area (Å²) in [4.78, 5) is 17.3. The normalized spacial score (nSPS) is 27.5. The van der Waals surface area contributed by atoms with Gasteiger partial charge in [-0.05, 0) is 62.7 Å². The number of fused-ring (bicyclic) bond motifs is 1. The van der Waals surface area contributed by atoms with Crippen LogP contribution in [-0.4, -0.2) is 41.9 Å². The summed E-state index contributed by atoms with van der Waals surface area (Å²) in [5, 5.41) is 0.489. The molecule has 2 saturated heterocycles. The molecular weight excluding hydrogens is 351 g/mol. The number of hydrogen-bond donors (Lipinski definition) is 0. The summed E-state index contributed by atoms with van der Waals surface area (Å²) in [7, 11) is 0. The molecule has 1 aliphatic carbocycles. The fraction of sp³-hybridized carbons (Fsp3) is 0.667. The first kappa shape index (κ1) is 18.2. The highest BCUT2D eigenvalue weighted by atomic mass is 35.5. The van der Waals surface area contributed by atoms with Crippen LogP contribution in [-0.2, 0) is 11.3 Å². The number of amides is 1. The average Bonchev–Trinajstić information content (AvgIpc) is 3.09. The second-order valence-electron chi connectivity index (χ2n) is 8.30. The van der Waals surface area contributed by atoms with Crippen molar-refractivity contribution in [3.05, 3.63) is 34.6 Å². The van der Waals surface area contributed by atoms with Crippen molar-refractivity contribution >= 4 is 17.5 Å². The van der Waals surface area contributed by atoms with Gasteiger partial charge >= 0.3 is 0 Å². The predicted octanol–water partition coefficient (Wildman–Crippen LogP) is 4.34. The lowest BCUT2D eigenvalue weighted by molar-refractivity contribution is -0.136. The molecule has 142 valence electrons. The molecule has 5 heteroatoms. The van der Waals surface area contributed by atoms with E-state index < -0.39 is 0 Å². The Morgan fingerprint density at radius 2 is 1.73 bits per heavy atom. The molecule has 26 heavy (non-hydrogen) atoms. The van der Waals surface area contributed by atoms with Crippen LogP contribution in [0.3, 0.4) is 0 Å². The van der Waals surface area contributed by atoms with E-state index in [1.807, 2.05) is 0 Å². The van der Waals surface area contributed by atoms with Crippen molar-refractivity contribution in [2.24, 2.45) is 17.8 Å². The van der Waals surface area contributed by atoms with E-state index in [4.69, 9.17) is 11.6 Å². The predicted molar refractivity (Wildman–Crippen MR) is 101 cm³/mol. The van der Waals surface area contributed by atoms with Crippen LogP contribution in [0.25, 0.3) is 0 Å². The minimum absolute atomic E-state index is 0.141. The van der Waals surface area contributed by atoms with Gasteiger partial charge in [0.1, 0.15) is 5.82 Å². The molecule has 0 bridgehead atoms. The quantitative estimate of drug-likeness (QED) is 0.781. The van der Waals surface area contributed by atoms with Crippen molar-refractivity contribution in [1.29, 1.82) is 0 Å². The molecule has 1 aromatic rings. The van der Waals surface area contributed by atoms with E-state index in [1.165, 1.54) is 31.7 Å². The summed E-state index contributed by atoms with van der Waals surface area (Å²) in [6, 6.07) is 4.84. The zero-order valence-corrected chi connectivity index (χ0v) is 16.1. The molecule has 0 N–H and O–H groups in total. The molecule has 0 spiro atoms. The van der Waals surface area contributed by atoms with Gasteiger partial charge in [0, 0.05) is 36.1 Å². The van der Waals surface area contributed by atoms with E-state index in [9.17, 15) is 9.18 Å². The molecule has 3 nitrogen and oxygen atoms in total. The van der Waals surface area contributed by atoms with Crippen LogP contribution in [0.15, 0.2) is 18.2 Å². The Kier molecular flexibility index (Phi) is 5.51. The number of likely N-dealkylation sites (tertiary alicyclic amines) is 2. The van der Waals surface area contributed by atoms with E-state index in [1.54, 1.807) is 12.1 Å². The Hall–Kier alpha value is -1.13. The van der Waals surface area contributed by atoms with Gasteiger partial charge in [-0.1, -0.05) is 30.5 Å². The van der Waals surface area contributed by atoms with Crippen molar-refractivity contribution in [3.63, 3.8) is 0 Å². The minimum Gasteiger partial charge on any atom is -0.342 e. The van der Waals surface area contributed by atoms with Crippen LogP contribution in [0, 0.1) is 23.6 Å². The average molecular weight is 379 g/mol. The Balaban J connectivity index is 1.30. The third-order valence-corrected chi connectivity index (χ3v) is 7.02. The maximum absolute atomic E-state index is 14.0. The summed E-state index contributed by atoms with van der Waals surface area (Å²) < 4.78 is 14.0. The van der Waals surface area contributed by atoms with Crippen molar-refractivity contribution in [2.45, 2.75) is 45.1 Å². The monoisotopic (exact) mass is 378 g/mol. The van der Waals surface area contributed by atoms with Crippen LogP contribution < -0.4 is 0 Å². The number of halogens is 2. The number of benzene rings is 1. The lowest BCUT2D eigenvalue weighted by Gasteiger charge is -2.33. The van der Waals surface area contributed by atoms with E-state index >= 15 is 0 Å². The lowest BCUT2D eigenvalue weighted by Crippen LogP contribution is -2.41. The summed E-state index contributed by atoms with van der Waals surface area (Å²) in [6.07, 6.45) is 7.01. The Morgan fingerprint density at radius 3 is 2.35 bits per heavy atom. The Bertz CT molecular complexity index is 625. The highest BCUT2D eigenvalue weighted by Crippen LogP contribution is 2.37. The number of hydrogen-bond acceptors (Lipinski definition) is 2. The van der Waals surface area contributed by atoms with Gasteiger partial charge in [0.05, 0.1) is 0 Å². The largest absolute Gasteiger partial charge is 0.342 e. The highest BCUT2D eigenvalue weighted by Gasteiger charge is 2.39. The summed E-state index contributed by atoms with van der Waals surface area (Å²) in [5.74, 6) is 1.76. The van der Waals surface area contributed by atoms with Gasteiger partial charge in [0.2, 0.25) is 5.91 Å². The zero-order chi connectivity index (χ0) is 18.1. The first-order valence-electron chi connectivity index (χ1n) is 10.1. The molecule has 2 aliphatic heterocycles. The van der Waals surface area contributed by atoms with Crippen LogP contribution >= 0.6 is 11.6 Å². The molecule has 0 aromatic heterocycles. The SMILES string of the molecule is O=C(C1CCN(Cc2c(F)cccc2Cl)CC1)N1CC2CCCCC2C1. The number of nitrogens with zero attached hydrogens (tertiary/aromatic N) is 2. The minimum atomic E-state index is -0.240. The zero-order valence-electron chi connectivity index (χ0n) is 15.3. The smallest absolute Gasteiger partial charge is 0.225 e. The number of carbonyl (C=O) groups excluding carboxylic acids is 1. The number of rotatable bonds is 3. The van der Waals surface area contributed by atoms with Gasteiger partial charge < -0.3 is 4.90 Å². The van der Waals surface area contributed by atoms with Crippen molar-refractivity contribution in [1.82, 2.24) is 9.80 Å². The second-order valence-corrected chi connectivity index (χ2v) is 8.71. The lowest BCUT2D eigenvalue weighted by atomic mass is 9.82. The third-order valence-electron chi connectivity index (χ3n) is 6.67. The van der Waals surface area contributed by atoms with Crippen LogP contribution in [0.1, 0.15) is 44.1 Å². The maximum Gasteiger partial charge on any atom is 0.225 e. The first-order valence-corrected chi connectivity index (χ1v) is 10.4. The molecule has 1 amide bonds. The molecule has 3 fully saturated rings. The molecule has 0 radical (unpaired) electrons. The molecule has 4 rings (SSSR count). The van der Waals surface area contributed by atoms with Crippen molar-refractivity contribution < 1.29 is 9.18 Å². The van der Waals surface area contributed by atoms with E-state index in [0.29, 0.717) is 23.0 Å². The molecule has 2 atom stereocenters. The highest BCUT2D eigenvalue weighted by molar-refractivity contribution is 6.31. The summed E-state index contributed by atoms with van der Waals surface area (Å²) in [6.45, 7) is 4.16. The fourth-order valence-electron chi connectivity index (χ4n) is 5.09. The van der Waals surface area contributed by atoms with Crippen molar-refractivity contribution in [2.75, 3.05) is 26.2 Å². The van der Waals surface area contributed by atoms with Gasteiger partial charge in [-0.3, -0.25) is 9.69 Å². The summed E-state index contributed by atoms with van der Waals surface area (Å²) in [5.41, 5.74) is 0.572. The fourth-order valence-corrected chi connectivity index (χ4v) is 5.31. The molecule has 3 aliphatic rings. The second kappa shape index (κ2) is 7.85. The molecule has 2 heterocycles. The maximum atomic E-state index is 14.0. The number of carbonyl (C=O) groups is 1. The standard InChI is InChI=1S/C21H28ClFN2O/c22-19-6-3-7-20(23)18(19)14-24-10-8-15(9-11-24)21(26)25-12-16-4-1-2-5-17(16)13-25/h3,6-7,15-17H,1-2,4-5,8-14H2. The van der Waals surface area contributed by atoms with E-state index in [2.05, 4.69) is 9.80 Å².